The fourth-order valence-corrected chi connectivity index (χ4v) is 2.68. The number of hydrogen-bond donors (Lipinski definition) is 2. The zero-order valence-electron chi connectivity index (χ0n) is 16.5. The van der Waals surface area contributed by atoms with E-state index in [0.717, 1.165) is 22.4 Å². The normalized spacial score (nSPS) is 10.6. The molecule has 0 aromatic heterocycles. The number of carboxylic acid groups (broad SMARTS) is 1. The molecule has 28 heavy (non-hydrogen) atoms. The molecule has 0 heterocycles. The largest absolute Gasteiger partial charge is 0.483 e. The first-order valence-corrected chi connectivity index (χ1v) is 9.28. The maximum Gasteiger partial charge on any atom is 0.341 e. The Hall–Kier alpha value is -3.02. The molecule has 150 valence electrons. The van der Waals surface area contributed by atoms with Crippen LogP contribution in [0, 0.1) is 6.92 Å². The van der Waals surface area contributed by atoms with Crippen LogP contribution in [0.5, 0.6) is 11.5 Å². The van der Waals surface area contributed by atoms with Crippen LogP contribution in [0.2, 0.25) is 0 Å². The molecule has 0 aliphatic carbocycles. The second kappa shape index (κ2) is 10.3. The van der Waals surface area contributed by atoms with Crippen LogP contribution in [0.1, 0.15) is 36.5 Å². The Labute approximate surface area is 165 Å². The number of nitrogens with one attached hydrogen (secondary N) is 1. The van der Waals surface area contributed by atoms with Crippen molar-refractivity contribution in [2.24, 2.45) is 0 Å². The fraction of sp³-hybridized carbons (Fsp3) is 0.364. The number of aliphatic carboxylic acids is 1. The molecule has 0 spiro atoms. The zero-order chi connectivity index (χ0) is 20.5. The maximum absolute atomic E-state index is 12.1. The number of hydrogen-bond acceptors (Lipinski definition) is 4. The molecular formula is C22H27NO5. The minimum Gasteiger partial charge on any atom is -0.483 e. The molecular weight excluding hydrogens is 358 g/mol. The molecule has 0 saturated carbocycles. The van der Waals surface area contributed by atoms with E-state index in [1.807, 2.05) is 37.3 Å². The summed E-state index contributed by atoms with van der Waals surface area (Å²) in [5.74, 6) is 0.392. The number of ether oxygens (including phenoxy) is 2. The number of amides is 1. The van der Waals surface area contributed by atoms with Crippen molar-refractivity contribution in [3.63, 3.8) is 0 Å². The molecule has 2 aromatic rings. The van der Waals surface area contributed by atoms with E-state index in [0.29, 0.717) is 24.6 Å². The Balaban J connectivity index is 1.76. The van der Waals surface area contributed by atoms with Gasteiger partial charge in [-0.05, 0) is 54.2 Å². The maximum atomic E-state index is 12.1. The minimum absolute atomic E-state index is 0.0227. The van der Waals surface area contributed by atoms with E-state index >= 15 is 0 Å². The van der Waals surface area contributed by atoms with Crippen LogP contribution in [-0.4, -0.2) is 36.7 Å². The topological polar surface area (TPSA) is 84.9 Å². The monoisotopic (exact) mass is 385 g/mol. The van der Waals surface area contributed by atoms with Crippen LogP contribution in [0.4, 0.5) is 0 Å². The predicted molar refractivity (Wildman–Crippen MR) is 107 cm³/mol. The molecule has 0 bridgehead atoms. The van der Waals surface area contributed by atoms with Crippen molar-refractivity contribution in [1.82, 2.24) is 5.32 Å². The number of carbonyl (C=O) groups is 2. The SMILES string of the molecule is Cc1ccc(C(C)C)c(OCC(=O)NCCc2ccc(OCC(=O)O)cc2)c1. The van der Waals surface area contributed by atoms with Gasteiger partial charge in [0.05, 0.1) is 0 Å². The molecule has 0 radical (unpaired) electrons. The quantitative estimate of drug-likeness (QED) is 0.655. The van der Waals surface area contributed by atoms with E-state index in [4.69, 9.17) is 14.6 Å². The molecule has 0 fully saturated rings. The molecule has 2 rings (SSSR count). The van der Waals surface area contributed by atoms with Gasteiger partial charge in [-0.2, -0.15) is 0 Å². The molecule has 0 aliphatic rings. The second-order valence-electron chi connectivity index (χ2n) is 6.91. The van der Waals surface area contributed by atoms with Crippen molar-refractivity contribution in [2.75, 3.05) is 19.8 Å². The van der Waals surface area contributed by atoms with Gasteiger partial charge in [-0.15, -0.1) is 0 Å². The summed E-state index contributed by atoms with van der Waals surface area (Å²) < 4.78 is 10.8. The van der Waals surface area contributed by atoms with Gasteiger partial charge in [0.25, 0.3) is 5.91 Å². The van der Waals surface area contributed by atoms with E-state index < -0.39 is 5.97 Å². The van der Waals surface area contributed by atoms with Crippen LogP contribution in [0.3, 0.4) is 0 Å². The van der Waals surface area contributed by atoms with Gasteiger partial charge in [0, 0.05) is 6.54 Å². The molecule has 0 aliphatic heterocycles. The smallest absolute Gasteiger partial charge is 0.341 e. The highest BCUT2D eigenvalue weighted by molar-refractivity contribution is 5.77. The Kier molecular flexibility index (Phi) is 7.87. The molecule has 0 atom stereocenters. The van der Waals surface area contributed by atoms with Crippen LogP contribution in [0.15, 0.2) is 42.5 Å². The summed E-state index contributed by atoms with van der Waals surface area (Å²) in [6.45, 7) is 6.28. The third kappa shape index (κ3) is 6.95. The summed E-state index contributed by atoms with van der Waals surface area (Å²) in [7, 11) is 0. The van der Waals surface area contributed by atoms with Crippen LogP contribution in [0.25, 0.3) is 0 Å². The summed E-state index contributed by atoms with van der Waals surface area (Å²) in [6.07, 6.45) is 0.659. The van der Waals surface area contributed by atoms with Gasteiger partial charge in [0.15, 0.2) is 13.2 Å². The first kappa shape index (κ1) is 21.3. The third-order valence-corrected chi connectivity index (χ3v) is 4.17. The minimum atomic E-state index is -1.01. The van der Waals surface area contributed by atoms with Crippen molar-refractivity contribution < 1.29 is 24.2 Å². The number of carbonyl (C=O) groups excluding carboxylic acids is 1. The molecule has 1 amide bonds. The Morgan fingerprint density at radius 3 is 2.39 bits per heavy atom. The van der Waals surface area contributed by atoms with E-state index in [1.54, 1.807) is 12.1 Å². The van der Waals surface area contributed by atoms with Crippen LogP contribution in [-0.2, 0) is 16.0 Å². The molecule has 0 unspecified atom stereocenters. The highest BCUT2D eigenvalue weighted by atomic mass is 16.5. The lowest BCUT2D eigenvalue weighted by Gasteiger charge is -2.15. The molecule has 6 nitrogen and oxygen atoms in total. The van der Waals surface area contributed by atoms with Gasteiger partial charge in [-0.1, -0.05) is 38.1 Å². The predicted octanol–water partition coefficient (Wildman–Crippen LogP) is 3.32. The summed E-state index contributed by atoms with van der Waals surface area (Å²) >= 11 is 0. The second-order valence-corrected chi connectivity index (χ2v) is 6.91. The van der Waals surface area contributed by atoms with Gasteiger partial charge < -0.3 is 19.9 Å². The average molecular weight is 385 g/mol. The van der Waals surface area contributed by atoms with Crippen molar-refractivity contribution in [3.05, 3.63) is 59.2 Å². The summed E-state index contributed by atoms with van der Waals surface area (Å²) in [4.78, 5) is 22.5. The van der Waals surface area contributed by atoms with Crippen molar-refractivity contribution in [2.45, 2.75) is 33.1 Å². The Morgan fingerprint density at radius 2 is 1.75 bits per heavy atom. The van der Waals surface area contributed by atoms with E-state index in [1.165, 1.54) is 0 Å². The Morgan fingerprint density at radius 1 is 1.04 bits per heavy atom. The van der Waals surface area contributed by atoms with E-state index in [2.05, 4.69) is 19.2 Å². The number of rotatable bonds is 10. The number of carboxylic acids is 1. The van der Waals surface area contributed by atoms with Gasteiger partial charge in [-0.25, -0.2) is 4.79 Å². The number of aryl methyl sites for hydroxylation is 1. The first-order chi connectivity index (χ1) is 13.3. The van der Waals surface area contributed by atoms with Crippen LogP contribution >= 0.6 is 0 Å². The van der Waals surface area contributed by atoms with Crippen LogP contribution < -0.4 is 14.8 Å². The summed E-state index contributed by atoms with van der Waals surface area (Å²) in [5.41, 5.74) is 3.20. The first-order valence-electron chi connectivity index (χ1n) is 9.28. The fourth-order valence-electron chi connectivity index (χ4n) is 2.68. The lowest BCUT2D eigenvalue weighted by Crippen LogP contribution is -2.30. The lowest BCUT2D eigenvalue weighted by atomic mass is 10.0. The highest BCUT2D eigenvalue weighted by Crippen LogP contribution is 2.27. The van der Waals surface area contributed by atoms with E-state index in [-0.39, 0.29) is 19.1 Å². The van der Waals surface area contributed by atoms with Crippen molar-refractivity contribution >= 4 is 11.9 Å². The van der Waals surface area contributed by atoms with Gasteiger partial charge in [0.1, 0.15) is 11.5 Å². The Bertz CT molecular complexity index is 799. The van der Waals surface area contributed by atoms with Crippen molar-refractivity contribution in [1.29, 1.82) is 0 Å². The van der Waals surface area contributed by atoms with E-state index in [9.17, 15) is 9.59 Å². The molecule has 0 saturated heterocycles. The average Bonchev–Trinajstić information content (AvgIpc) is 2.65. The zero-order valence-corrected chi connectivity index (χ0v) is 16.5. The standard InChI is InChI=1S/C22H27NO5/c1-15(2)19-9-4-16(3)12-20(19)28-13-21(24)23-11-10-17-5-7-18(8-6-17)27-14-22(25)26/h4-9,12,15H,10-11,13-14H2,1-3H3,(H,23,24)(H,25,26). The number of benzene rings is 2. The summed E-state index contributed by atoms with van der Waals surface area (Å²) in [5, 5.41) is 11.4. The molecule has 6 heteroatoms. The molecule has 2 aromatic carbocycles. The third-order valence-electron chi connectivity index (χ3n) is 4.17. The molecule has 2 N–H and O–H groups in total. The van der Waals surface area contributed by atoms with Gasteiger partial charge in [-0.3, -0.25) is 4.79 Å². The summed E-state index contributed by atoms with van der Waals surface area (Å²) in [6, 6.07) is 13.2. The lowest BCUT2D eigenvalue weighted by molar-refractivity contribution is -0.139. The van der Waals surface area contributed by atoms with Crippen molar-refractivity contribution in [3.8, 4) is 11.5 Å². The van der Waals surface area contributed by atoms with Gasteiger partial charge >= 0.3 is 5.97 Å². The highest BCUT2D eigenvalue weighted by Gasteiger charge is 2.10. The van der Waals surface area contributed by atoms with Gasteiger partial charge in [0.2, 0.25) is 0 Å².